The zero-order valence-electron chi connectivity index (χ0n) is 10.8. The van der Waals surface area contributed by atoms with Gasteiger partial charge in [-0.25, -0.2) is 0 Å². The van der Waals surface area contributed by atoms with Gasteiger partial charge in [-0.1, -0.05) is 27.4 Å². The summed E-state index contributed by atoms with van der Waals surface area (Å²) >= 11 is 0. The van der Waals surface area contributed by atoms with Crippen LogP contribution < -0.4 is 0 Å². The zero-order chi connectivity index (χ0) is 11.8. The second-order valence-electron chi connectivity index (χ2n) is 7.47. The van der Waals surface area contributed by atoms with Crippen LogP contribution in [0.2, 0.25) is 0 Å². The summed E-state index contributed by atoms with van der Waals surface area (Å²) in [6, 6.07) is 0. The molecule has 0 radical (unpaired) electrons. The minimum Gasteiger partial charge on any atom is -0.385 e. The fourth-order valence-corrected chi connectivity index (χ4v) is 5.50. The quantitative estimate of drug-likeness (QED) is 0.619. The number of hydrogen-bond acceptors (Lipinski definition) is 1. The number of aliphatic hydroxyl groups is 1. The standard InChI is InChI=1S/C15H24O/c1-10-5-6-11-12-14(4,9-13(11,2)3)7-8-15(10,12)16/h11-12,16H,1,5-9H2,2-4H3/t11-,12-,14+,15+/m1/s1. The molecule has 0 aliphatic heterocycles. The lowest BCUT2D eigenvalue weighted by Gasteiger charge is -2.45. The van der Waals surface area contributed by atoms with Gasteiger partial charge in [0.1, 0.15) is 0 Å². The van der Waals surface area contributed by atoms with Crippen LogP contribution in [0.5, 0.6) is 0 Å². The second-order valence-corrected chi connectivity index (χ2v) is 7.47. The monoisotopic (exact) mass is 220 g/mol. The molecule has 3 aliphatic carbocycles. The summed E-state index contributed by atoms with van der Waals surface area (Å²) < 4.78 is 0. The van der Waals surface area contributed by atoms with Crippen molar-refractivity contribution < 1.29 is 5.11 Å². The average Bonchev–Trinajstić information content (AvgIpc) is 2.53. The van der Waals surface area contributed by atoms with E-state index < -0.39 is 5.60 Å². The summed E-state index contributed by atoms with van der Waals surface area (Å²) in [6.45, 7) is 11.4. The molecule has 0 spiro atoms. The van der Waals surface area contributed by atoms with Gasteiger partial charge < -0.3 is 5.11 Å². The minimum atomic E-state index is -0.522. The van der Waals surface area contributed by atoms with E-state index in [4.69, 9.17) is 0 Å². The van der Waals surface area contributed by atoms with Crippen LogP contribution in [-0.2, 0) is 0 Å². The molecule has 16 heavy (non-hydrogen) atoms. The van der Waals surface area contributed by atoms with E-state index in [9.17, 15) is 5.11 Å². The Morgan fingerprint density at radius 3 is 2.62 bits per heavy atom. The highest BCUT2D eigenvalue weighted by Gasteiger charge is 2.66. The van der Waals surface area contributed by atoms with Crippen LogP contribution in [0.3, 0.4) is 0 Å². The van der Waals surface area contributed by atoms with Crippen LogP contribution in [0.4, 0.5) is 0 Å². The van der Waals surface area contributed by atoms with E-state index in [2.05, 4.69) is 27.4 Å². The molecule has 0 bridgehead atoms. The first-order valence-electron chi connectivity index (χ1n) is 6.70. The molecule has 3 aliphatic rings. The maximum Gasteiger partial charge on any atom is 0.0890 e. The molecule has 4 atom stereocenters. The molecule has 0 amide bonds. The highest BCUT2D eigenvalue weighted by molar-refractivity contribution is 5.28. The summed E-state index contributed by atoms with van der Waals surface area (Å²) in [5, 5.41) is 11.0. The van der Waals surface area contributed by atoms with Crippen molar-refractivity contribution in [2.45, 2.75) is 58.5 Å². The van der Waals surface area contributed by atoms with Crippen LogP contribution in [0, 0.1) is 22.7 Å². The second kappa shape index (κ2) is 2.75. The Hall–Kier alpha value is -0.300. The van der Waals surface area contributed by atoms with Crippen molar-refractivity contribution in [2.75, 3.05) is 0 Å². The van der Waals surface area contributed by atoms with Crippen molar-refractivity contribution >= 4 is 0 Å². The highest BCUT2D eigenvalue weighted by atomic mass is 16.3. The topological polar surface area (TPSA) is 20.2 Å². The lowest BCUT2D eigenvalue weighted by Crippen LogP contribution is -2.46. The Labute approximate surface area is 98.9 Å². The van der Waals surface area contributed by atoms with Crippen LogP contribution in [0.1, 0.15) is 52.9 Å². The van der Waals surface area contributed by atoms with Gasteiger partial charge in [0.2, 0.25) is 0 Å². The van der Waals surface area contributed by atoms with E-state index in [1.54, 1.807) is 0 Å². The van der Waals surface area contributed by atoms with Gasteiger partial charge >= 0.3 is 0 Å². The van der Waals surface area contributed by atoms with Gasteiger partial charge in [-0.15, -0.1) is 0 Å². The smallest absolute Gasteiger partial charge is 0.0890 e. The maximum absolute atomic E-state index is 11.0. The van der Waals surface area contributed by atoms with Crippen LogP contribution in [-0.4, -0.2) is 10.7 Å². The van der Waals surface area contributed by atoms with Gasteiger partial charge in [0.25, 0.3) is 0 Å². The molecule has 0 unspecified atom stereocenters. The summed E-state index contributed by atoms with van der Waals surface area (Å²) in [5.74, 6) is 1.19. The normalized spacial score (nSPS) is 54.1. The SMILES string of the molecule is C=C1CC[C@@H]2[C@@H]3[C@@](C)(CC[C@]13O)CC2(C)C. The van der Waals surface area contributed by atoms with Crippen LogP contribution in [0.25, 0.3) is 0 Å². The Bertz CT molecular complexity index is 356. The average molecular weight is 220 g/mol. The van der Waals surface area contributed by atoms with Crippen molar-refractivity contribution in [1.82, 2.24) is 0 Å². The fraction of sp³-hybridized carbons (Fsp3) is 0.867. The van der Waals surface area contributed by atoms with E-state index in [0.717, 1.165) is 18.4 Å². The van der Waals surface area contributed by atoms with E-state index in [1.807, 2.05) is 0 Å². The molecule has 0 aromatic carbocycles. The molecule has 0 aromatic heterocycles. The van der Waals surface area contributed by atoms with E-state index in [0.29, 0.717) is 22.7 Å². The number of hydrogen-bond donors (Lipinski definition) is 1. The third kappa shape index (κ3) is 1.06. The first kappa shape index (κ1) is 10.8. The van der Waals surface area contributed by atoms with Gasteiger partial charge in [-0.2, -0.15) is 0 Å². The Morgan fingerprint density at radius 2 is 1.94 bits per heavy atom. The predicted molar refractivity (Wildman–Crippen MR) is 66.0 cm³/mol. The molecular formula is C15H24O. The summed E-state index contributed by atoms with van der Waals surface area (Å²) in [4.78, 5) is 0. The number of rotatable bonds is 0. The van der Waals surface area contributed by atoms with Crippen LogP contribution >= 0.6 is 0 Å². The van der Waals surface area contributed by atoms with Crippen LogP contribution in [0.15, 0.2) is 12.2 Å². The Balaban J connectivity index is 2.10. The fourth-order valence-electron chi connectivity index (χ4n) is 5.50. The van der Waals surface area contributed by atoms with Gasteiger partial charge in [0.15, 0.2) is 0 Å². The minimum absolute atomic E-state index is 0.367. The van der Waals surface area contributed by atoms with E-state index >= 15 is 0 Å². The van der Waals surface area contributed by atoms with Gasteiger partial charge in [-0.3, -0.25) is 0 Å². The maximum atomic E-state index is 11.0. The molecule has 0 heterocycles. The summed E-state index contributed by atoms with van der Waals surface area (Å²) in [5.41, 5.74) is 1.38. The van der Waals surface area contributed by atoms with Crippen molar-refractivity contribution in [1.29, 1.82) is 0 Å². The van der Waals surface area contributed by atoms with Crippen molar-refractivity contribution in [3.8, 4) is 0 Å². The first-order chi connectivity index (χ1) is 7.30. The first-order valence-corrected chi connectivity index (χ1v) is 6.70. The van der Waals surface area contributed by atoms with E-state index in [-0.39, 0.29) is 0 Å². The lowest BCUT2D eigenvalue weighted by molar-refractivity contribution is -0.0328. The highest BCUT2D eigenvalue weighted by Crippen LogP contribution is 2.70. The summed E-state index contributed by atoms with van der Waals surface area (Å²) in [6.07, 6.45) is 5.71. The molecule has 3 fully saturated rings. The molecule has 1 nitrogen and oxygen atoms in total. The van der Waals surface area contributed by atoms with Crippen molar-refractivity contribution in [3.63, 3.8) is 0 Å². The summed E-state index contributed by atoms with van der Waals surface area (Å²) in [7, 11) is 0. The van der Waals surface area contributed by atoms with Gasteiger partial charge in [-0.05, 0) is 54.4 Å². The third-order valence-electron chi connectivity index (χ3n) is 5.98. The van der Waals surface area contributed by atoms with Crippen molar-refractivity contribution in [2.24, 2.45) is 22.7 Å². The Morgan fingerprint density at radius 1 is 1.25 bits per heavy atom. The molecule has 0 saturated heterocycles. The van der Waals surface area contributed by atoms with Gasteiger partial charge in [0, 0.05) is 5.92 Å². The third-order valence-corrected chi connectivity index (χ3v) is 5.98. The van der Waals surface area contributed by atoms with Gasteiger partial charge in [0.05, 0.1) is 5.60 Å². The predicted octanol–water partition coefficient (Wildman–Crippen LogP) is 3.53. The molecule has 3 saturated carbocycles. The lowest BCUT2D eigenvalue weighted by atomic mass is 9.63. The molecule has 90 valence electrons. The molecular weight excluding hydrogens is 196 g/mol. The molecule has 3 rings (SSSR count). The Kier molecular flexibility index (Phi) is 1.86. The molecule has 1 heteroatoms. The molecule has 1 N–H and O–H groups in total. The van der Waals surface area contributed by atoms with E-state index in [1.165, 1.54) is 19.3 Å². The molecule has 0 aromatic rings. The zero-order valence-corrected chi connectivity index (χ0v) is 10.8. The largest absolute Gasteiger partial charge is 0.385 e. The van der Waals surface area contributed by atoms with Crippen molar-refractivity contribution in [3.05, 3.63) is 12.2 Å².